The number of fused-ring (bicyclic) bond motifs is 2. The zero-order valence-electron chi connectivity index (χ0n) is 11.5. The van der Waals surface area contributed by atoms with Crippen LogP contribution in [0.3, 0.4) is 0 Å². The average molecular weight is 324 g/mol. The molecule has 0 spiro atoms. The molecule has 3 heterocycles. The molecule has 3 rings (SSSR count). The molecule has 3 saturated heterocycles. The van der Waals surface area contributed by atoms with Crippen LogP contribution in [0.2, 0.25) is 0 Å². The van der Waals surface area contributed by atoms with E-state index < -0.39 is 68.0 Å². The Labute approximate surface area is 125 Å². The van der Waals surface area contributed by atoms with Crippen LogP contribution in [-0.2, 0) is 18.9 Å². The highest BCUT2D eigenvalue weighted by atomic mass is 16.7. The maximum Gasteiger partial charge on any atom is 0.187 e. The number of hydrogen-bond donors (Lipinski definition) is 6. The first-order chi connectivity index (χ1) is 10.4. The zero-order chi connectivity index (χ0) is 16.0. The summed E-state index contributed by atoms with van der Waals surface area (Å²) in [7, 11) is 0. The molecule has 128 valence electrons. The molecule has 6 N–H and O–H groups in total. The topological polar surface area (TPSA) is 158 Å². The zero-order valence-corrected chi connectivity index (χ0v) is 11.5. The minimum absolute atomic E-state index is 0.0868. The average Bonchev–Trinajstić information content (AvgIpc) is 2.76. The van der Waals surface area contributed by atoms with Gasteiger partial charge in [0.1, 0.15) is 48.8 Å². The normalized spacial score (nSPS) is 55.4. The summed E-state index contributed by atoms with van der Waals surface area (Å²) in [5.74, 6) is 0. The lowest BCUT2D eigenvalue weighted by Gasteiger charge is -2.43. The summed E-state index contributed by atoms with van der Waals surface area (Å²) in [5.41, 5.74) is 0. The molecule has 0 saturated carbocycles. The molecule has 0 aromatic rings. The van der Waals surface area contributed by atoms with Crippen molar-refractivity contribution in [1.82, 2.24) is 0 Å². The maximum absolute atomic E-state index is 10.1. The van der Waals surface area contributed by atoms with Gasteiger partial charge >= 0.3 is 0 Å². The Morgan fingerprint density at radius 1 is 0.909 bits per heavy atom. The van der Waals surface area contributed by atoms with Gasteiger partial charge in [-0.3, -0.25) is 0 Å². The van der Waals surface area contributed by atoms with Crippen LogP contribution in [0.4, 0.5) is 0 Å². The van der Waals surface area contributed by atoms with E-state index in [0.717, 1.165) is 0 Å². The summed E-state index contributed by atoms with van der Waals surface area (Å²) in [6, 6.07) is 0. The number of aliphatic hydroxyl groups is 6. The molecule has 0 aromatic heterocycles. The number of hydrogen-bond acceptors (Lipinski definition) is 10. The molecule has 10 nitrogen and oxygen atoms in total. The van der Waals surface area contributed by atoms with Crippen molar-refractivity contribution in [3.8, 4) is 0 Å². The van der Waals surface area contributed by atoms with Gasteiger partial charge in [0.2, 0.25) is 0 Å². The van der Waals surface area contributed by atoms with E-state index in [9.17, 15) is 25.5 Å². The Bertz CT molecular complexity index is 394. The Morgan fingerprint density at radius 3 is 2.32 bits per heavy atom. The Kier molecular flexibility index (Phi) is 4.67. The molecule has 10 atom stereocenters. The van der Waals surface area contributed by atoms with E-state index in [4.69, 9.17) is 24.1 Å². The fraction of sp³-hybridized carbons (Fsp3) is 1.00. The fourth-order valence-electron chi connectivity index (χ4n) is 2.94. The van der Waals surface area contributed by atoms with E-state index in [0.29, 0.717) is 0 Å². The molecule has 3 aliphatic heterocycles. The minimum Gasteiger partial charge on any atom is -0.394 e. The van der Waals surface area contributed by atoms with Crippen molar-refractivity contribution in [2.45, 2.75) is 61.4 Å². The second kappa shape index (κ2) is 6.24. The quantitative estimate of drug-likeness (QED) is 0.299. The lowest BCUT2D eigenvalue weighted by atomic mass is 9.98. The second-order valence-corrected chi connectivity index (χ2v) is 5.65. The first-order valence-electron chi connectivity index (χ1n) is 7.03. The summed E-state index contributed by atoms with van der Waals surface area (Å²) in [6.45, 7) is -0.504. The highest BCUT2D eigenvalue weighted by Gasteiger charge is 2.53. The van der Waals surface area contributed by atoms with Gasteiger partial charge in [0.25, 0.3) is 0 Å². The Morgan fingerprint density at radius 2 is 1.64 bits per heavy atom. The smallest absolute Gasteiger partial charge is 0.187 e. The van der Waals surface area contributed by atoms with Crippen LogP contribution < -0.4 is 0 Å². The van der Waals surface area contributed by atoms with Crippen LogP contribution in [0.5, 0.6) is 0 Å². The van der Waals surface area contributed by atoms with Gasteiger partial charge in [-0.1, -0.05) is 0 Å². The van der Waals surface area contributed by atoms with E-state index in [1.807, 2.05) is 0 Å². The van der Waals surface area contributed by atoms with Crippen molar-refractivity contribution in [1.29, 1.82) is 0 Å². The van der Waals surface area contributed by atoms with Gasteiger partial charge in [0.05, 0.1) is 13.2 Å². The van der Waals surface area contributed by atoms with Crippen LogP contribution >= 0.6 is 0 Å². The minimum atomic E-state index is -1.66. The predicted octanol–water partition coefficient (Wildman–Crippen LogP) is -4.35. The third-order valence-electron chi connectivity index (χ3n) is 4.23. The Hall–Kier alpha value is -0.400. The van der Waals surface area contributed by atoms with Crippen LogP contribution in [0, 0.1) is 0 Å². The van der Waals surface area contributed by atoms with Crippen LogP contribution in [0.15, 0.2) is 0 Å². The van der Waals surface area contributed by atoms with E-state index in [1.165, 1.54) is 0 Å². The number of rotatable bonds is 3. The highest BCUT2D eigenvalue weighted by Crippen LogP contribution is 2.32. The van der Waals surface area contributed by atoms with Crippen LogP contribution in [-0.4, -0.2) is 105 Å². The molecule has 0 radical (unpaired) electrons. The van der Waals surface area contributed by atoms with Crippen molar-refractivity contribution < 1.29 is 49.6 Å². The molecule has 0 amide bonds. The van der Waals surface area contributed by atoms with E-state index in [1.54, 1.807) is 0 Å². The van der Waals surface area contributed by atoms with Gasteiger partial charge in [-0.25, -0.2) is 0 Å². The predicted molar refractivity (Wildman–Crippen MR) is 65.3 cm³/mol. The SMILES string of the molecule is OC[C@H]1O[C@@H](O)[C@H](O)[C@@H](O[C@H]2O[C@@H]3CO[C@@H]([C@H]3O)[C@H]2O)[C@H]1O. The summed E-state index contributed by atoms with van der Waals surface area (Å²) in [5, 5.41) is 58.4. The molecule has 2 bridgehead atoms. The van der Waals surface area contributed by atoms with Crippen molar-refractivity contribution in [3.05, 3.63) is 0 Å². The molecule has 0 aromatic carbocycles. The van der Waals surface area contributed by atoms with E-state index in [2.05, 4.69) is 0 Å². The van der Waals surface area contributed by atoms with Gasteiger partial charge in [-0.05, 0) is 0 Å². The second-order valence-electron chi connectivity index (χ2n) is 5.65. The van der Waals surface area contributed by atoms with Crippen molar-refractivity contribution in [2.24, 2.45) is 0 Å². The monoisotopic (exact) mass is 324 g/mol. The summed E-state index contributed by atoms with van der Waals surface area (Å²) < 4.78 is 20.8. The molecular weight excluding hydrogens is 304 g/mol. The largest absolute Gasteiger partial charge is 0.394 e. The summed E-state index contributed by atoms with van der Waals surface area (Å²) >= 11 is 0. The van der Waals surface area contributed by atoms with Gasteiger partial charge < -0.3 is 49.6 Å². The first kappa shape index (κ1) is 16.5. The summed E-state index contributed by atoms with van der Waals surface area (Å²) in [6.07, 6.45) is -12.4. The lowest BCUT2D eigenvalue weighted by Crippen LogP contribution is -2.63. The third-order valence-corrected chi connectivity index (χ3v) is 4.23. The van der Waals surface area contributed by atoms with Gasteiger partial charge in [0, 0.05) is 0 Å². The third kappa shape index (κ3) is 2.65. The number of ether oxygens (including phenoxy) is 4. The maximum atomic E-state index is 10.1. The molecule has 10 heteroatoms. The van der Waals surface area contributed by atoms with E-state index in [-0.39, 0.29) is 6.61 Å². The molecule has 0 aliphatic carbocycles. The van der Waals surface area contributed by atoms with Crippen LogP contribution in [0.1, 0.15) is 0 Å². The first-order valence-corrected chi connectivity index (χ1v) is 7.03. The Balaban J connectivity index is 1.71. The lowest BCUT2D eigenvalue weighted by molar-refractivity contribution is -0.341. The van der Waals surface area contributed by atoms with Gasteiger partial charge in [-0.2, -0.15) is 0 Å². The molecule has 0 unspecified atom stereocenters. The van der Waals surface area contributed by atoms with E-state index >= 15 is 0 Å². The molecule has 3 aliphatic rings. The molecular formula is C12H20O10. The van der Waals surface area contributed by atoms with Gasteiger partial charge in [-0.15, -0.1) is 0 Å². The van der Waals surface area contributed by atoms with Crippen molar-refractivity contribution in [2.75, 3.05) is 13.2 Å². The molecule has 22 heavy (non-hydrogen) atoms. The fourth-order valence-corrected chi connectivity index (χ4v) is 2.94. The van der Waals surface area contributed by atoms with Gasteiger partial charge in [0.15, 0.2) is 12.6 Å². The van der Waals surface area contributed by atoms with Crippen LogP contribution in [0.25, 0.3) is 0 Å². The highest BCUT2D eigenvalue weighted by molar-refractivity contribution is 4.97. The van der Waals surface area contributed by atoms with Crippen molar-refractivity contribution in [3.63, 3.8) is 0 Å². The number of aliphatic hydroxyl groups excluding tert-OH is 6. The molecule has 3 fully saturated rings. The van der Waals surface area contributed by atoms with Crippen molar-refractivity contribution >= 4 is 0 Å². The summed E-state index contributed by atoms with van der Waals surface area (Å²) in [4.78, 5) is 0. The standard InChI is InChI=1S/C12H20O10/c13-1-3-5(14)10(7(16)11(18)20-3)22-12-8(17)9-6(15)4(21-12)2-19-9/h3-18H,1-2H2/t3-,4-,5+,6+,7-,8-,9+,10+,11-,12-/m1/s1.